The second-order valence-electron chi connectivity index (χ2n) is 6.58. The number of esters is 1. The highest BCUT2D eigenvalue weighted by molar-refractivity contribution is 7.08. The Morgan fingerprint density at radius 2 is 2.00 bits per heavy atom. The molecular formula is C22H19NO5S. The Hall–Kier alpha value is -3.32. The zero-order valence-corrected chi connectivity index (χ0v) is 16.8. The normalized spacial score (nSPS) is 12.5. The number of Topliss-reactive ketones (excluding diaryl/α,β-unsaturated/α-hetero) is 1. The van der Waals surface area contributed by atoms with Gasteiger partial charge in [0.05, 0.1) is 0 Å². The van der Waals surface area contributed by atoms with Gasteiger partial charge in [0.1, 0.15) is 0 Å². The fourth-order valence-corrected chi connectivity index (χ4v) is 3.89. The van der Waals surface area contributed by atoms with Crippen LogP contribution in [0.4, 0.5) is 0 Å². The lowest BCUT2D eigenvalue weighted by atomic mass is 10.1. The number of aromatic nitrogens is 1. The first-order valence-electron chi connectivity index (χ1n) is 9.02. The number of ketones is 1. The minimum absolute atomic E-state index is 0.207. The van der Waals surface area contributed by atoms with E-state index in [1.807, 2.05) is 53.4 Å². The van der Waals surface area contributed by atoms with Crippen molar-refractivity contribution in [2.75, 3.05) is 13.4 Å². The van der Waals surface area contributed by atoms with Crippen molar-refractivity contribution in [3.63, 3.8) is 0 Å². The van der Waals surface area contributed by atoms with Gasteiger partial charge in [0.2, 0.25) is 12.6 Å². The van der Waals surface area contributed by atoms with Crippen LogP contribution >= 0.6 is 11.3 Å². The molecule has 0 N–H and O–H groups in total. The molecule has 0 unspecified atom stereocenters. The van der Waals surface area contributed by atoms with Crippen LogP contribution < -0.4 is 9.47 Å². The largest absolute Gasteiger partial charge is 0.454 e. The number of nitrogens with zero attached hydrogens (tertiary/aromatic N) is 1. The smallest absolute Gasteiger partial charge is 0.331 e. The molecule has 0 fully saturated rings. The van der Waals surface area contributed by atoms with Crippen LogP contribution in [0.5, 0.6) is 11.5 Å². The number of hydrogen-bond acceptors (Lipinski definition) is 6. The van der Waals surface area contributed by atoms with Gasteiger partial charge in [0, 0.05) is 34.8 Å². The molecule has 2 aromatic heterocycles. The molecule has 0 saturated heterocycles. The van der Waals surface area contributed by atoms with Gasteiger partial charge < -0.3 is 18.8 Å². The van der Waals surface area contributed by atoms with Crippen molar-refractivity contribution in [1.82, 2.24) is 4.57 Å². The third-order valence-electron chi connectivity index (χ3n) is 4.65. The summed E-state index contributed by atoms with van der Waals surface area (Å²) >= 11 is 1.54. The van der Waals surface area contributed by atoms with E-state index >= 15 is 0 Å². The van der Waals surface area contributed by atoms with E-state index in [2.05, 4.69) is 0 Å². The van der Waals surface area contributed by atoms with E-state index in [4.69, 9.17) is 14.2 Å². The molecule has 1 aliphatic rings. The van der Waals surface area contributed by atoms with Crippen LogP contribution in [0.2, 0.25) is 0 Å². The van der Waals surface area contributed by atoms with Crippen LogP contribution in [0.25, 0.3) is 11.8 Å². The molecule has 7 heteroatoms. The fourth-order valence-electron chi connectivity index (χ4n) is 3.26. The Labute approximate surface area is 171 Å². The molecular weight excluding hydrogens is 390 g/mol. The van der Waals surface area contributed by atoms with E-state index in [0.29, 0.717) is 17.1 Å². The van der Waals surface area contributed by atoms with Crippen LogP contribution in [-0.4, -0.2) is 29.7 Å². The summed E-state index contributed by atoms with van der Waals surface area (Å²) in [6.45, 7) is 3.68. The summed E-state index contributed by atoms with van der Waals surface area (Å²) in [5, 5.41) is 3.84. The number of aryl methyl sites for hydroxylation is 1. The summed E-state index contributed by atoms with van der Waals surface area (Å²) < 4.78 is 17.9. The molecule has 3 aromatic rings. The monoisotopic (exact) mass is 409 g/mol. The van der Waals surface area contributed by atoms with Gasteiger partial charge in [-0.2, -0.15) is 11.3 Å². The summed E-state index contributed by atoms with van der Waals surface area (Å²) in [5.41, 5.74) is 3.99. The molecule has 148 valence electrons. The Bertz CT molecular complexity index is 1090. The molecule has 6 nitrogen and oxygen atoms in total. The van der Waals surface area contributed by atoms with Gasteiger partial charge in [-0.15, -0.1) is 0 Å². The van der Waals surface area contributed by atoms with Gasteiger partial charge in [-0.1, -0.05) is 0 Å². The quantitative estimate of drug-likeness (QED) is 0.345. The summed E-state index contributed by atoms with van der Waals surface area (Å²) in [6, 6.07) is 9.34. The number of carbonyl (C=O) groups is 2. The minimum Gasteiger partial charge on any atom is -0.454 e. The van der Waals surface area contributed by atoms with Gasteiger partial charge in [-0.25, -0.2) is 4.79 Å². The zero-order valence-electron chi connectivity index (χ0n) is 16.0. The van der Waals surface area contributed by atoms with Gasteiger partial charge in [-0.3, -0.25) is 4.79 Å². The Balaban J connectivity index is 1.47. The SMILES string of the molecule is Cc1cc(C(=O)COC(=O)/C=C/c2ccsc2)c(C)n1-c1ccc2c(c1)OCO2. The molecule has 1 aromatic carbocycles. The summed E-state index contributed by atoms with van der Waals surface area (Å²) in [5.74, 6) is 0.584. The third kappa shape index (κ3) is 3.95. The number of hydrogen-bond donors (Lipinski definition) is 0. The molecule has 1 aliphatic heterocycles. The Kier molecular flexibility index (Phi) is 5.22. The molecule has 0 atom stereocenters. The second kappa shape index (κ2) is 7.97. The summed E-state index contributed by atoms with van der Waals surface area (Å²) in [4.78, 5) is 24.5. The first-order chi connectivity index (χ1) is 14.0. The van der Waals surface area contributed by atoms with Gasteiger partial charge in [-0.05, 0) is 60.5 Å². The van der Waals surface area contributed by atoms with E-state index in [1.165, 1.54) is 6.08 Å². The first kappa shape index (κ1) is 19.0. The predicted molar refractivity (Wildman–Crippen MR) is 110 cm³/mol. The number of thiophene rings is 1. The first-order valence-corrected chi connectivity index (χ1v) is 9.96. The predicted octanol–water partition coefficient (Wildman–Crippen LogP) is 4.32. The van der Waals surface area contributed by atoms with E-state index in [1.54, 1.807) is 23.5 Å². The molecule has 0 spiro atoms. The van der Waals surface area contributed by atoms with Crippen molar-refractivity contribution in [2.45, 2.75) is 13.8 Å². The van der Waals surface area contributed by atoms with Gasteiger partial charge in [0.15, 0.2) is 18.1 Å². The van der Waals surface area contributed by atoms with Crippen molar-refractivity contribution in [3.05, 3.63) is 69.7 Å². The lowest BCUT2D eigenvalue weighted by molar-refractivity contribution is -0.136. The van der Waals surface area contributed by atoms with Crippen molar-refractivity contribution in [2.24, 2.45) is 0 Å². The Morgan fingerprint density at radius 3 is 2.79 bits per heavy atom. The number of rotatable bonds is 6. The van der Waals surface area contributed by atoms with E-state index in [0.717, 1.165) is 22.6 Å². The maximum Gasteiger partial charge on any atom is 0.331 e. The number of benzene rings is 1. The van der Waals surface area contributed by atoms with Crippen LogP contribution in [0.1, 0.15) is 27.3 Å². The van der Waals surface area contributed by atoms with Crippen molar-refractivity contribution in [1.29, 1.82) is 0 Å². The summed E-state index contributed by atoms with van der Waals surface area (Å²) in [7, 11) is 0. The highest BCUT2D eigenvalue weighted by atomic mass is 32.1. The lowest BCUT2D eigenvalue weighted by Crippen LogP contribution is -2.13. The average Bonchev–Trinajstić information content (AvgIpc) is 3.44. The van der Waals surface area contributed by atoms with Crippen LogP contribution in [-0.2, 0) is 9.53 Å². The molecule has 0 aliphatic carbocycles. The van der Waals surface area contributed by atoms with Gasteiger partial charge in [0.25, 0.3) is 0 Å². The third-order valence-corrected chi connectivity index (χ3v) is 5.35. The lowest BCUT2D eigenvalue weighted by Gasteiger charge is -2.10. The molecule has 0 bridgehead atoms. The molecule has 4 rings (SSSR count). The van der Waals surface area contributed by atoms with Crippen LogP contribution in [0, 0.1) is 13.8 Å². The van der Waals surface area contributed by atoms with E-state index < -0.39 is 5.97 Å². The molecule has 3 heterocycles. The maximum absolute atomic E-state index is 12.6. The number of ether oxygens (including phenoxy) is 3. The highest BCUT2D eigenvalue weighted by Crippen LogP contribution is 2.34. The van der Waals surface area contributed by atoms with Crippen molar-refractivity contribution in [3.8, 4) is 17.2 Å². The standard InChI is InChI=1S/C22H19NO5S/c1-14-9-18(19(24)11-26-22(25)6-3-16-7-8-29-12-16)15(2)23(14)17-4-5-20-21(10-17)28-13-27-20/h3-10,12H,11,13H2,1-2H3/b6-3+. The van der Waals surface area contributed by atoms with Crippen LogP contribution in [0.3, 0.4) is 0 Å². The highest BCUT2D eigenvalue weighted by Gasteiger charge is 2.20. The molecule has 29 heavy (non-hydrogen) atoms. The van der Waals surface area contributed by atoms with Crippen LogP contribution in [0.15, 0.2) is 47.2 Å². The minimum atomic E-state index is -0.547. The number of carbonyl (C=O) groups excluding carboxylic acids is 2. The molecule has 0 saturated carbocycles. The van der Waals surface area contributed by atoms with E-state index in [-0.39, 0.29) is 19.2 Å². The van der Waals surface area contributed by atoms with Crippen molar-refractivity contribution < 1.29 is 23.8 Å². The van der Waals surface area contributed by atoms with E-state index in [9.17, 15) is 9.59 Å². The zero-order chi connectivity index (χ0) is 20.4. The summed E-state index contributed by atoms with van der Waals surface area (Å²) in [6.07, 6.45) is 2.99. The second-order valence-corrected chi connectivity index (χ2v) is 7.36. The topological polar surface area (TPSA) is 66.8 Å². The van der Waals surface area contributed by atoms with Gasteiger partial charge >= 0.3 is 5.97 Å². The molecule has 0 radical (unpaired) electrons. The Morgan fingerprint density at radius 1 is 1.17 bits per heavy atom. The fraction of sp³-hybridized carbons (Fsp3) is 0.182. The average molecular weight is 409 g/mol. The number of fused-ring (bicyclic) bond motifs is 1. The van der Waals surface area contributed by atoms with Crippen molar-refractivity contribution >= 4 is 29.2 Å². The maximum atomic E-state index is 12.6. The molecule has 0 amide bonds.